The van der Waals surface area contributed by atoms with Crippen molar-refractivity contribution in [3.8, 4) is 0 Å². The average Bonchev–Trinajstić information content (AvgIpc) is 2.82. The van der Waals surface area contributed by atoms with Gasteiger partial charge < -0.3 is 10.5 Å². The number of carbonyl (C=O) groups is 1. The van der Waals surface area contributed by atoms with E-state index in [4.69, 9.17) is 15.0 Å². The summed E-state index contributed by atoms with van der Waals surface area (Å²) in [6.07, 6.45) is 5.94. The second-order valence-electron chi connectivity index (χ2n) is 8.00. The van der Waals surface area contributed by atoms with Crippen molar-refractivity contribution in [2.75, 3.05) is 13.2 Å². The number of nitrogens with two attached hydrogens (primary N) is 1. The van der Waals surface area contributed by atoms with Crippen LogP contribution in [0, 0.1) is 29.1 Å². The molecular formula is C20H29NO5S. The van der Waals surface area contributed by atoms with E-state index < -0.39 is 10.1 Å². The summed E-state index contributed by atoms with van der Waals surface area (Å²) in [7, 11) is -4.00. The zero-order chi connectivity index (χ0) is 19.7. The van der Waals surface area contributed by atoms with E-state index in [2.05, 4.69) is 0 Å². The van der Waals surface area contributed by atoms with Crippen LogP contribution in [0.2, 0.25) is 0 Å². The molecule has 6 nitrogen and oxygen atoms in total. The molecule has 3 aliphatic carbocycles. The molecule has 0 aliphatic heterocycles. The number of carbonyl (C=O) groups excluding carboxylic acids is 1. The van der Waals surface area contributed by atoms with Crippen molar-refractivity contribution in [3.05, 3.63) is 30.3 Å². The van der Waals surface area contributed by atoms with Gasteiger partial charge in [0.1, 0.15) is 0 Å². The zero-order valence-electron chi connectivity index (χ0n) is 15.7. The minimum Gasteiger partial charge on any atom is -0.466 e. The maximum absolute atomic E-state index is 11.8. The molecule has 0 heterocycles. The smallest absolute Gasteiger partial charge is 0.306 e. The van der Waals surface area contributed by atoms with E-state index in [1.165, 1.54) is 37.8 Å². The molecule has 0 spiro atoms. The van der Waals surface area contributed by atoms with Crippen LogP contribution < -0.4 is 5.73 Å². The van der Waals surface area contributed by atoms with Crippen LogP contribution in [0.15, 0.2) is 35.2 Å². The first kappa shape index (κ1) is 20.3. The molecule has 3 N–H and O–H groups in total. The van der Waals surface area contributed by atoms with E-state index in [1.807, 2.05) is 6.92 Å². The largest absolute Gasteiger partial charge is 0.466 e. The molecule has 1 aromatic rings. The Morgan fingerprint density at radius 1 is 1.22 bits per heavy atom. The van der Waals surface area contributed by atoms with Crippen LogP contribution in [-0.2, 0) is 19.6 Å². The van der Waals surface area contributed by atoms with Crippen LogP contribution in [0.3, 0.4) is 0 Å². The van der Waals surface area contributed by atoms with Gasteiger partial charge in [0.15, 0.2) is 0 Å². The van der Waals surface area contributed by atoms with Crippen molar-refractivity contribution in [1.29, 1.82) is 0 Å². The molecule has 2 bridgehead atoms. The maximum atomic E-state index is 11.8. The van der Waals surface area contributed by atoms with Gasteiger partial charge in [-0.05, 0) is 74.0 Å². The number of rotatable bonds is 5. The zero-order valence-corrected chi connectivity index (χ0v) is 16.5. The van der Waals surface area contributed by atoms with Gasteiger partial charge in [-0.1, -0.05) is 24.6 Å². The van der Waals surface area contributed by atoms with E-state index >= 15 is 0 Å². The van der Waals surface area contributed by atoms with Gasteiger partial charge in [-0.15, -0.1) is 0 Å². The van der Waals surface area contributed by atoms with E-state index in [0.29, 0.717) is 25.5 Å². The van der Waals surface area contributed by atoms with Gasteiger partial charge in [-0.3, -0.25) is 9.35 Å². The first-order valence-electron chi connectivity index (χ1n) is 9.70. The molecule has 150 valence electrons. The summed E-state index contributed by atoms with van der Waals surface area (Å²) < 4.78 is 34.4. The number of hydrogen-bond donors (Lipinski definition) is 2. The monoisotopic (exact) mass is 395 g/mol. The summed E-state index contributed by atoms with van der Waals surface area (Å²) in [6.45, 7) is 3.03. The van der Waals surface area contributed by atoms with Crippen LogP contribution >= 0.6 is 0 Å². The van der Waals surface area contributed by atoms with Gasteiger partial charge in [-0.25, -0.2) is 0 Å². The Bertz CT molecular complexity index is 758. The number of fused-ring (bicyclic) bond motifs is 1. The molecule has 0 amide bonds. The third kappa shape index (κ3) is 3.91. The lowest BCUT2D eigenvalue weighted by atomic mass is 9.45. The maximum Gasteiger partial charge on any atom is 0.306 e. The third-order valence-electron chi connectivity index (χ3n) is 6.79. The standard InChI is InChI=1S/C14H23NO2.C6H6O3S/c1-2-17-13(16)7-14(8-15)11-4-3-9-5-10(11)12(14)6-9;7-10(8,9)6-4-2-1-3-5-6/h9-12H,2-8,15H2,1H3;1-5H,(H,7,8,9)/t9-,10-,11?,12-,14-;/m0./s1. The lowest BCUT2D eigenvalue weighted by molar-refractivity contribution is -0.161. The van der Waals surface area contributed by atoms with Crippen LogP contribution in [0.5, 0.6) is 0 Å². The second-order valence-corrected chi connectivity index (χ2v) is 9.42. The summed E-state index contributed by atoms with van der Waals surface area (Å²) in [5, 5.41) is 0. The van der Waals surface area contributed by atoms with Gasteiger partial charge >= 0.3 is 5.97 Å². The van der Waals surface area contributed by atoms with Gasteiger partial charge in [0, 0.05) is 0 Å². The number of esters is 1. The van der Waals surface area contributed by atoms with Gasteiger partial charge in [0.25, 0.3) is 10.1 Å². The Balaban J connectivity index is 0.000000180. The predicted octanol–water partition coefficient (Wildman–Crippen LogP) is 2.88. The highest BCUT2D eigenvalue weighted by atomic mass is 32.2. The summed E-state index contributed by atoms with van der Waals surface area (Å²) in [5.74, 6) is 3.20. The van der Waals surface area contributed by atoms with Gasteiger partial charge in [-0.2, -0.15) is 8.42 Å². The fourth-order valence-electron chi connectivity index (χ4n) is 5.73. The summed E-state index contributed by atoms with van der Waals surface area (Å²) in [6, 6.07) is 7.42. The Hall–Kier alpha value is -1.44. The average molecular weight is 396 g/mol. The number of ether oxygens (including phenoxy) is 1. The molecule has 1 aromatic carbocycles. The Labute approximate surface area is 161 Å². The van der Waals surface area contributed by atoms with E-state index in [1.54, 1.807) is 18.2 Å². The lowest BCUT2D eigenvalue weighted by Crippen LogP contribution is -2.59. The highest BCUT2D eigenvalue weighted by Gasteiger charge is 2.65. The van der Waals surface area contributed by atoms with Gasteiger partial charge in [0.05, 0.1) is 17.9 Å². The van der Waals surface area contributed by atoms with Crippen molar-refractivity contribution in [2.45, 2.75) is 43.9 Å². The summed E-state index contributed by atoms with van der Waals surface area (Å²) in [5.41, 5.74) is 6.15. The molecular weight excluding hydrogens is 366 g/mol. The van der Waals surface area contributed by atoms with Crippen LogP contribution in [-0.4, -0.2) is 32.1 Å². The van der Waals surface area contributed by atoms with E-state index in [-0.39, 0.29) is 16.3 Å². The van der Waals surface area contributed by atoms with Crippen LogP contribution in [0.4, 0.5) is 0 Å². The molecule has 4 rings (SSSR count). The molecule has 1 unspecified atom stereocenters. The summed E-state index contributed by atoms with van der Waals surface area (Å²) in [4.78, 5) is 11.7. The fraction of sp³-hybridized carbons (Fsp3) is 0.650. The number of hydrogen-bond acceptors (Lipinski definition) is 5. The number of benzene rings is 1. The topological polar surface area (TPSA) is 107 Å². The van der Waals surface area contributed by atoms with Crippen molar-refractivity contribution in [1.82, 2.24) is 0 Å². The third-order valence-corrected chi connectivity index (χ3v) is 7.66. The highest BCUT2D eigenvalue weighted by molar-refractivity contribution is 7.85. The first-order chi connectivity index (χ1) is 12.8. The van der Waals surface area contributed by atoms with Crippen molar-refractivity contribution < 1.29 is 22.5 Å². The molecule has 3 aliphatic rings. The molecule has 0 radical (unpaired) electrons. The minimum absolute atomic E-state index is 0.0354. The fourth-order valence-corrected chi connectivity index (χ4v) is 6.23. The normalized spacial score (nSPS) is 33.4. The quantitative estimate of drug-likeness (QED) is 0.586. The molecule has 27 heavy (non-hydrogen) atoms. The van der Waals surface area contributed by atoms with E-state index in [9.17, 15) is 13.2 Å². The Morgan fingerprint density at radius 3 is 2.48 bits per heavy atom. The molecule has 7 heteroatoms. The Kier molecular flexibility index (Phi) is 5.93. The molecule has 3 fully saturated rings. The van der Waals surface area contributed by atoms with Crippen LogP contribution in [0.25, 0.3) is 0 Å². The molecule has 5 atom stereocenters. The summed E-state index contributed by atoms with van der Waals surface area (Å²) >= 11 is 0. The molecule has 0 saturated heterocycles. The van der Waals surface area contributed by atoms with Crippen molar-refractivity contribution in [2.24, 2.45) is 34.8 Å². The first-order valence-corrected chi connectivity index (χ1v) is 11.1. The minimum atomic E-state index is -4.00. The van der Waals surface area contributed by atoms with Gasteiger partial charge in [0.2, 0.25) is 0 Å². The van der Waals surface area contributed by atoms with Crippen LogP contribution in [0.1, 0.15) is 39.0 Å². The highest BCUT2D eigenvalue weighted by Crippen LogP contribution is 2.70. The molecule has 3 saturated carbocycles. The predicted molar refractivity (Wildman–Crippen MR) is 101 cm³/mol. The SMILES string of the molecule is CCOC(=O)C[C@]1(CN)C2CC[C@H]3C[C@@H]2[C@@H]1C3.O=S(=O)(O)c1ccccc1. The van der Waals surface area contributed by atoms with E-state index in [0.717, 1.165) is 17.8 Å². The van der Waals surface area contributed by atoms with Crippen molar-refractivity contribution >= 4 is 16.1 Å². The lowest BCUT2D eigenvalue weighted by Gasteiger charge is -2.59. The molecule has 0 aromatic heterocycles. The Morgan fingerprint density at radius 2 is 1.93 bits per heavy atom. The van der Waals surface area contributed by atoms with Crippen molar-refractivity contribution in [3.63, 3.8) is 0 Å². The second kappa shape index (κ2) is 7.89.